The second-order valence-electron chi connectivity index (χ2n) is 3.96. The van der Waals surface area contributed by atoms with Crippen LogP contribution < -0.4 is 0 Å². The van der Waals surface area contributed by atoms with E-state index in [9.17, 15) is 22.0 Å². The normalized spacial score (nSPS) is 11.3. The molecule has 0 fully saturated rings. The van der Waals surface area contributed by atoms with Gasteiger partial charge in [0.1, 0.15) is 0 Å². The smallest absolute Gasteiger partial charge is 0.200 e. The van der Waals surface area contributed by atoms with Gasteiger partial charge in [-0.3, -0.25) is 0 Å². The third kappa shape index (κ3) is 2.94. The number of nitrogens with zero attached hydrogens (tertiary/aromatic N) is 1. The molecule has 0 aromatic heterocycles. The summed E-state index contributed by atoms with van der Waals surface area (Å²) in [7, 11) is 3.50. The van der Waals surface area contributed by atoms with Crippen molar-refractivity contribution in [2.75, 3.05) is 20.6 Å². The van der Waals surface area contributed by atoms with Crippen LogP contribution in [0.3, 0.4) is 0 Å². The molecule has 0 atom stereocenters. The molecule has 0 saturated heterocycles. The van der Waals surface area contributed by atoms with Crippen LogP contribution in [0.15, 0.2) is 0 Å². The van der Waals surface area contributed by atoms with Crippen LogP contribution in [0, 0.1) is 29.1 Å². The molecule has 1 aromatic rings. The molecule has 0 aliphatic carbocycles. The number of rotatable bonds is 4. The maximum absolute atomic E-state index is 13.2. The summed E-state index contributed by atoms with van der Waals surface area (Å²) in [5.41, 5.74) is -0.747. The summed E-state index contributed by atoms with van der Waals surface area (Å²) in [6.07, 6.45) is 0.120. The summed E-state index contributed by atoms with van der Waals surface area (Å²) in [6.45, 7) is 0.499. The summed E-state index contributed by atoms with van der Waals surface area (Å²) in [5.74, 6) is -9.36. The molecule has 0 saturated carbocycles. The quantitative estimate of drug-likeness (QED) is 0.453. The molecule has 1 aromatic carbocycles. The van der Waals surface area contributed by atoms with Gasteiger partial charge in [0.15, 0.2) is 23.3 Å². The molecule has 0 bridgehead atoms. The van der Waals surface area contributed by atoms with Gasteiger partial charge in [-0.05, 0) is 33.5 Å². The van der Waals surface area contributed by atoms with E-state index in [-0.39, 0.29) is 6.42 Å². The van der Waals surface area contributed by atoms with E-state index in [1.807, 2.05) is 0 Å². The molecule has 1 nitrogen and oxygen atoms in total. The highest BCUT2D eigenvalue weighted by Gasteiger charge is 2.24. The van der Waals surface area contributed by atoms with Crippen molar-refractivity contribution >= 4 is 0 Å². The average molecular weight is 253 g/mol. The van der Waals surface area contributed by atoms with E-state index in [2.05, 4.69) is 0 Å². The third-order valence-electron chi connectivity index (χ3n) is 2.33. The molecule has 0 radical (unpaired) electrons. The molecule has 96 valence electrons. The lowest BCUT2D eigenvalue weighted by molar-refractivity contribution is 0.362. The van der Waals surface area contributed by atoms with E-state index in [0.717, 1.165) is 0 Å². The Morgan fingerprint density at radius 2 is 1.18 bits per heavy atom. The summed E-state index contributed by atoms with van der Waals surface area (Å²) >= 11 is 0. The Labute approximate surface area is 95.8 Å². The Kier molecular flexibility index (Phi) is 4.45. The monoisotopic (exact) mass is 253 g/mol. The summed E-state index contributed by atoms with van der Waals surface area (Å²) in [5, 5.41) is 0. The van der Waals surface area contributed by atoms with Gasteiger partial charge >= 0.3 is 0 Å². The van der Waals surface area contributed by atoms with Crippen LogP contribution in [0.1, 0.15) is 12.0 Å². The van der Waals surface area contributed by atoms with E-state index < -0.39 is 34.6 Å². The first-order valence-electron chi connectivity index (χ1n) is 5.01. The van der Waals surface area contributed by atoms with Crippen molar-refractivity contribution in [2.24, 2.45) is 0 Å². The van der Waals surface area contributed by atoms with Gasteiger partial charge in [0.2, 0.25) is 5.82 Å². The zero-order valence-corrected chi connectivity index (χ0v) is 9.46. The Hall–Kier alpha value is -1.17. The molecule has 0 aliphatic heterocycles. The van der Waals surface area contributed by atoms with Crippen molar-refractivity contribution in [2.45, 2.75) is 12.8 Å². The van der Waals surface area contributed by atoms with Crippen molar-refractivity contribution in [1.29, 1.82) is 0 Å². The molecule has 1 rings (SSSR count). The number of halogens is 5. The largest absolute Gasteiger partial charge is 0.309 e. The van der Waals surface area contributed by atoms with Crippen molar-refractivity contribution < 1.29 is 22.0 Å². The molecule has 17 heavy (non-hydrogen) atoms. The molecule has 0 amide bonds. The van der Waals surface area contributed by atoms with E-state index in [4.69, 9.17) is 0 Å². The molecule has 6 heteroatoms. The fourth-order valence-electron chi connectivity index (χ4n) is 1.44. The van der Waals surface area contributed by atoms with Crippen LogP contribution in [0.5, 0.6) is 0 Å². The predicted molar refractivity (Wildman–Crippen MR) is 53.1 cm³/mol. The molecule has 0 aliphatic rings. The van der Waals surface area contributed by atoms with Crippen LogP contribution in [0.2, 0.25) is 0 Å². The van der Waals surface area contributed by atoms with Gasteiger partial charge in [-0.1, -0.05) is 0 Å². The van der Waals surface area contributed by atoms with Crippen LogP contribution in [-0.4, -0.2) is 25.5 Å². The number of hydrogen-bond acceptors (Lipinski definition) is 1. The third-order valence-corrected chi connectivity index (χ3v) is 2.33. The van der Waals surface area contributed by atoms with Gasteiger partial charge < -0.3 is 4.90 Å². The number of hydrogen-bond donors (Lipinski definition) is 0. The minimum absolute atomic E-state index is 0.191. The van der Waals surface area contributed by atoms with Gasteiger partial charge in [0.05, 0.1) is 0 Å². The first-order chi connectivity index (χ1) is 7.86. The lowest BCUT2D eigenvalue weighted by atomic mass is 10.1. The molecular weight excluding hydrogens is 241 g/mol. The summed E-state index contributed by atoms with van der Waals surface area (Å²) < 4.78 is 64.7. The first-order valence-corrected chi connectivity index (χ1v) is 5.01. The van der Waals surface area contributed by atoms with E-state index in [1.54, 1.807) is 19.0 Å². The highest BCUT2D eigenvalue weighted by atomic mass is 19.2. The summed E-state index contributed by atoms with van der Waals surface area (Å²) in [4.78, 5) is 1.76. The van der Waals surface area contributed by atoms with E-state index >= 15 is 0 Å². The minimum Gasteiger partial charge on any atom is -0.309 e. The highest BCUT2D eigenvalue weighted by molar-refractivity contribution is 5.24. The lowest BCUT2D eigenvalue weighted by Crippen LogP contribution is -2.15. The Bertz CT molecular complexity index is 388. The Balaban J connectivity index is 2.99. The fourth-order valence-corrected chi connectivity index (χ4v) is 1.44. The Morgan fingerprint density at radius 1 is 0.765 bits per heavy atom. The van der Waals surface area contributed by atoms with Crippen molar-refractivity contribution in [3.05, 3.63) is 34.6 Å². The minimum atomic E-state index is -2.11. The zero-order chi connectivity index (χ0) is 13.2. The van der Waals surface area contributed by atoms with Crippen LogP contribution >= 0.6 is 0 Å². The first kappa shape index (κ1) is 13.9. The van der Waals surface area contributed by atoms with E-state index in [1.165, 1.54) is 0 Å². The van der Waals surface area contributed by atoms with Gasteiger partial charge in [0, 0.05) is 5.56 Å². The molecule has 0 spiro atoms. The second-order valence-corrected chi connectivity index (χ2v) is 3.96. The lowest BCUT2D eigenvalue weighted by Gasteiger charge is -2.11. The maximum atomic E-state index is 13.2. The van der Waals surface area contributed by atoms with Crippen molar-refractivity contribution in [1.82, 2.24) is 4.90 Å². The van der Waals surface area contributed by atoms with Gasteiger partial charge in [-0.2, -0.15) is 0 Å². The van der Waals surface area contributed by atoms with Gasteiger partial charge in [-0.25, -0.2) is 22.0 Å². The molecule has 0 unspecified atom stereocenters. The Morgan fingerprint density at radius 3 is 1.59 bits per heavy atom. The SMILES string of the molecule is CN(C)CCCc1c(F)c(F)c(F)c(F)c1F. The van der Waals surface area contributed by atoms with Crippen molar-refractivity contribution in [3.63, 3.8) is 0 Å². The van der Waals surface area contributed by atoms with Crippen LogP contribution in [0.4, 0.5) is 22.0 Å². The standard InChI is InChI=1S/C11H12F5N/c1-17(2)5-3-4-6-7(12)9(14)11(16)10(15)8(6)13/h3-5H2,1-2H3. The second kappa shape index (κ2) is 5.44. The van der Waals surface area contributed by atoms with E-state index in [0.29, 0.717) is 13.0 Å². The highest BCUT2D eigenvalue weighted by Crippen LogP contribution is 2.23. The molecule has 0 heterocycles. The average Bonchev–Trinajstić information content (AvgIpc) is 2.28. The predicted octanol–water partition coefficient (Wildman–Crippen LogP) is 2.88. The molecule has 0 N–H and O–H groups in total. The van der Waals surface area contributed by atoms with Crippen LogP contribution in [0.25, 0.3) is 0 Å². The van der Waals surface area contributed by atoms with Crippen LogP contribution in [-0.2, 0) is 6.42 Å². The van der Waals surface area contributed by atoms with Crippen molar-refractivity contribution in [3.8, 4) is 0 Å². The number of benzene rings is 1. The molecular formula is C11H12F5N. The zero-order valence-electron chi connectivity index (χ0n) is 9.46. The topological polar surface area (TPSA) is 3.24 Å². The van der Waals surface area contributed by atoms with Gasteiger partial charge in [0.25, 0.3) is 0 Å². The maximum Gasteiger partial charge on any atom is 0.200 e. The fraction of sp³-hybridized carbons (Fsp3) is 0.455. The van der Waals surface area contributed by atoms with Gasteiger partial charge in [-0.15, -0.1) is 0 Å². The summed E-state index contributed by atoms with van der Waals surface area (Å²) in [6, 6.07) is 0.